The predicted octanol–water partition coefficient (Wildman–Crippen LogP) is 2.47. The molecule has 1 atom stereocenters. The minimum absolute atomic E-state index is 0.242. The van der Waals surface area contributed by atoms with Gasteiger partial charge in [0.15, 0.2) is 11.4 Å². The summed E-state index contributed by atoms with van der Waals surface area (Å²) in [6.07, 6.45) is 4.04. The summed E-state index contributed by atoms with van der Waals surface area (Å²) in [5.41, 5.74) is 7.71. The molecule has 23 heavy (non-hydrogen) atoms. The molecule has 0 aliphatic carbocycles. The van der Waals surface area contributed by atoms with Crippen LogP contribution in [0.15, 0.2) is 35.0 Å². The smallest absolute Gasteiger partial charge is 0.217 e. The van der Waals surface area contributed by atoms with E-state index in [4.69, 9.17) is 10.2 Å². The van der Waals surface area contributed by atoms with Crippen LogP contribution in [0.1, 0.15) is 19.3 Å². The number of benzene rings is 1. The summed E-state index contributed by atoms with van der Waals surface area (Å²) >= 11 is 0. The van der Waals surface area contributed by atoms with Gasteiger partial charge in [0.25, 0.3) is 0 Å². The molecule has 1 aliphatic heterocycles. The lowest BCUT2D eigenvalue weighted by atomic mass is 9.94. The number of hydrogen-bond acceptors (Lipinski definition) is 5. The fourth-order valence-corrected chi connectivity index (χ4v) is 3.45. The predicted molar refractivity (Wildman–Crippen MR) is 88.1 cm³/mol. The minimum atomic E-state index is -0.242. The van der Waals surface area contributed by atoms with E-state index in [2.05, 4.69) is 14.9 Å². The van der Waals surface area contributed by atoms with E-state index in [0.29, 0.717) is 12.0 Å². The summed E-state index contributed by atoms with van der Waals surface area (Å²) in [5, 5.41) is 0.997. The number of primary amides is 1. The lowest BCUT2D eigenvalue weighted by Crippen LogP contribution is -2.37. The van der Waals surface area contributed by atoms with Crippen molar-refractivity contribution in [2.45, 2.75) is 19.3 Å². The molecule has 2 N–H and O–H groups in total. The third-order valence-corrected chi connectivity index (χ3v) is 4.45. The Kier molecular flexibility index (Phi) is 3.37. The van der Waals surface area contributed by atoms with Gasteiger partial charge in [0, 0.05) is 24.9 Å². The number of amides is 1. The Morgan fingerprint density at radius 2 is 2.22 bits per heavy atom. The molecule has 1 fully saturated rings. The van der Waals surface area contributed by atoms with Crippen molar-refractivity contribution in [3.05, 3.63) is 30.6 Å². The molecule has 118 valence electrons. The highest BCUT2D eigenvalue weighted by Gasteiger charge is 2.25. The van der Waals surface area contributed by atoms with Crippen molar-refractivity contribution < 1.29 is 9.21 Å². The SMILES string of the molecule is NC(=O)CC1CCCN(c2ncnc3c2oc2ccccc23)C1. The third kappa shape index (κ3) is 2.50. The summed E-state index contributed by atoms with van der Waals surface area (Å²) in [6.45, 7) is 1.67. The Morgan fingerprint density at radius 3 is 3.09 bits per heavy atom. The first kappa shape index (κ1) is 14.0. The monoisotopic (exact) mass is 310 g/mol. The van der Waals surface area contributed by atoms with Crippen LogP contribution in [0, 0.1) is 5.92 Å². The van der Waals surface area contributed by atoms with Crippen molar-refractivity contribution in [1.82, 2.24) is 9.97 Å². The van der Waals surface area contributed by atoms with E-state index in [1.165, 1.54) is 0 Å². The van der Waals surface area contributed by atoms with Gasteiger partial charge in [0.05, 0.1) is 0 Å². The van der Waals surface area contributed by atoms with Crippen LogP contribution in [-0.2, 0) is 4.79 Å². The maximum Gasteiger partial charge on any atom is 0.217 e. The molecule has 6 heteroatoms. The maximum absolute atomic E-state index is 11.2. The van der Waals surface area contributed by atoms with Crippen LogP contribution in [-0.4, -0.2) is 29.0 Å². The van der Waals surface area contributed by atoms with Crippen molar-refractivity contribution in [3.63, 3.8) is 0 Å². The topological polar surface area (TPSA) is 85.3 Å². The van der Waals surface area contributed by atoms with E-state index in [1.54, 1.807) is 6.33 Å². The highest BCUT2D eigenvalue weighted by Crippen LogP contribution is 2.34. The lowest BCUT2D eigenvalue weighted by Gasteiger charge is -2.32. The van der Waals surface area contributed by atoms with Gasteiger partial charge in [-0.3, -0.25) is 4.79 Å². The van der Waals surface area contributed by atoms with Gasteiger partial charge in [0.2, 0.25) is 5.91 Å². The van der Waals surface area contributed by atoms with Crippen molar-refractivity contribution in [3.8, 4) is 0 Å². The molecule has 1 aliphatic rings. The van der Waals surface area contributed by atoms with Crippen LogP contribution in [0.4, 0.5) is 5.82 Å². The Labute approximate surface area is 133 Å². The first-order chi connectivity index (χ1) is 11.2. The van der Waals surface area contributed by atoms with Crippen LogP contribution < -0.4 is 10.6 Å². The number of carbonyl (C=O) groups is 1. The Bertz CT molecular complexity index is 873. The number of carbonyl (C=O) groups excluding carboxylic acids is 1. The normalized spacial score (nSPS) is 18.6. The average molecular weight is 310 g/mol. The van der Waals surface area contributed by atoms with Gasteiger partial charge in [-0.05, 0) is 30.9 Å². The van der Waals surface area contributed by atoms with Gasteiger partial charge in [-0.25, -0.2) is 9.97 Å². The van der Waals surface area contributed by atoms with Gasteiger partial charge < -0.3 is 15.1 Å². The highest BCUT2D eigenvalue weighted by molar-refractivity contribution is 6.05. The second-order valence-corrected chi connectivity index (χ2v) is 6.10. The van der Waals surface area contributed by atoms with E-state index in [0.717, 1.165) is 48.2 Å². The molecule has 3 aromatic rings. The molecule has 0 saturated carbocycles. The first-order valence-corrected chi connectivity index (χ1v) is 7.88. The number of para-hydroxylation sites is 1. The van der Waals surface area contributed by atoms with E-state index >= 15 is 0 Å². The van der Waals surface area contributed by atoms with Gasteiger partial charge in [-0.1, -0.05) is 12.1 Å². The molecule has 2 aromatic heterocycles. The molecule has 1 aromatic carbocycles. The number of anilines is 1. The van der Waals surface area contributed by atoms with E-state index in [9.17, 15) is 4.79 Å². The zero-order valence-corrected chi connectivity index (χ0v) is 12.7. The van der Waals surface area contributed by atoms with Gasteiger partial charge in [-0.2, -0.15) is 0 Å². The summed E-state index contributed by atoms with van der Waals surface area (Å²) < 4.78 is 5.99. The Morgan fingerprint density at radius 1 is 1.35 bits per heavy atom. The fourth-order valence-electron chi connectivity index (χ4n) is 3.45. The molecule has 4 rings (SSSR count). The lowest BCUT2D eigenvalue weighted by molar-refractivity contribution is -0.118. The molecular weight excluding hydrogens is 292 g/mol. The number of hydrogen-bond donors (Lipinski definition) is 1. The number of rotatable bonds is 3. The van der Waals surface area contributed by atoms with Gasteiger partial charge in [-0.15, -0.1) is 0 Å². The number of nitrogens with two attached hydrogens (primary N) is 1. The minimum Gasteiger partial charge on any atom is -0.450 e. The zero-order chi connectivity index (χ0) is 15.8. The summed E-state index contributed by atoms with van der Waals surface area (Å²) in [5.74, 6) is 0.837. The van der Waals surface area contributed by atoms with Crippen molar-refractivity contribution in [2.24, 2.45) is 11.7 Å². The highest BCUT2D eigenvalue weighted by atomic mass is 16.3. The molecule has 0 spiro atoms. The van der Waals surface area contributed by atoms with Crippen LogP contribution in [0.2, 0.25) is 0 Å². The summed E-state index contributed by atoms with van der Waals surface area (Å²) in [6, 6.07) is 7.86. The second kappa shape index (κ2) is 5.53. The number of nitrogens with zero attached hydrogens (tertiary/aromatic N) is 3. The van der Waals surface area contributed by atoms with Crippen LogP contribution >= 0.6 is 0 Å². The molecule has 0 radical (unpaired) electrons. The van der Waals surface area contributed by atoms with Crippen molar-refractivity contribution in [2.75, 3.05) is 18.0 Å². The van der Waals surface area contributed by atoms with E-state index < -0.39 is 0 Å². The van der Waals surface area contributed by atoms with Crippen LogP contribution in [0.5, 0.6) is 0 Å². The largest absolute Gasteiger partial charge is 0.450 e. The number of fused-ring (bicyclic) bond motifs is 3. The van der Waals surface area contributed by atoms with E-state index in [1.807, 2.05) is 24.3 Å². The Balaban J connectivity index is 1.75. The molecule has 1 amide bonds. The summed E-state index contributed by atoms with van der Waals surface area (Å²) in [7, 11) is 0. The standard InChI is InChI=1S/C17H18N4O2/c18-14(22)8-11-4-3-7-21(9-11)17-16-15(19-10-20-17)12-5-1-2-6-13(12)23-16/h1-2,5-6,10-11H,3-4,7-9H2,(H2,18,22). The molecule has 1 saturated heterocycles. The number of aromatic nitrogens is 2. The molecule has 3 heterocycles. The summed E-state index contributed by atoms with van der Waals surface area (Å²) in [4.78, 5) is 22.2. The third-order valence-electron chi connectivity index (χ3n) is 4.45. The number of furan rings is 1. The fraction of sp³-hybridized carbons (Fsp3) is 0.353. The zero-order valence-electron chi connectivity index (χ0n) is 12.7. The molecular formula is C17H18N4O2. The molecule has 6 nitrogen and oxygen atoms in total. The van der Waals surface area contributed by atoms with E-state index in [-0.39, 0.29) is 11.8 Å². The quantitative estimate of drug-likeness (QED) is 0.803. The molecule has 0 bridgehead atoms. The van der Waals surface area contributed by atoms with Crippen molar-refractivity contribution >= 4 is 33.8 Å². The van der Waals surface area contributed by atoms with Gasteiger partial charge >= 0.3 is 0 Å². The maximum atomic E-state index is 11.2. The van der Waals surface area contributed by atoms with Crippen molar-refractivity contribution in [1.29, 1.82) is 0 Å². The van der Waals surface area contributed by atoms with Gasteiger partial charge in [0.1, 0.15) is 17.4 Å². The second-order valence-electron chi connectivity index (χ2n) is 6.10. The average Bonchev–Trinajstić information content (AvgIpc) is 2.93. The molecule has 1 unspecified atom stereocenters. The number of piperidine rings is 1. The Hall–Kier alpha value is -2.63. The first-order valence-electron chi connectivity index (χ1n) is 7.88. The van der Waals surface area contributed by atoms with Crippen LogP contribution in [0.3, 0.4) is 0 Å². The van der Waals surface area contributed by atoms with Crippen LogP contribution in [0.25, 0.3) is 22.1 Å².